The predicted octanol–water partition coefficient (Wildman–Crippen LogP) is 2.71. The van der Waals surface area contributed by atoms with Crippen LogP contribution in [-0.4, -0.2) is 29.0 Å². The van der Waals surface area contributed by atoms with Crippen molar-refractivity contribution in [2.75, 3.05) is 13.1 Å². The van der Waals surface area contributed by atoms with Crippen molar-refractivity contribution in [1.29, 1.82) is 0 Å². The summed E-state index contributed by atoms with van der Waals surface area (Å²) in [4.78, 5) is 14.2. The number of hydrogen-bond acceptors (Lipinski definition) is 4. The number of halogens is 1. The van der Waals surface area contributed by atoms with Crippen molar-refractivity contribution in [1.82, 2.24) is 4.90 Å². The van der Waals surface area contributed by atoms with E-state index in [0.29, 0.717) is 17.9 Å². The summed E-state index contributed by atoms with van der Waals surface area (Å²) in [6.07, 6.45) is -0.905. The van der Waals surface area contributed by atoms with Crippen molar-refractivity contribution < 1.29 is 18.7 Å². The van der Waals surface area contributed by atoms with Crippen molar-refractivity contribution in [3.05, 3.63) is 59.3 Å². The van der Waals surface area contributed by atoms with Gasteiger partial charge in [0, 0.05) is 6.54 Å². The van der Waals surface area contributed by atoms with Gasteiger partial charge in [0.15, 0.2) is 5.76 Å². The minimum absolute atomic E-state index is 0.0985. The number of rotatable bonds is 7. The number of carbonyl (C=O) groups is 1. The smallest absolute Gasteiger partial charge is 0.289 e. The molecule has 24 heavy (non-hydrogen) atoms. The highest BCUT2D eigenvalue weighted by atomic mass is 19.1. The van der Waals surface area contributed by atoms with Crippen LogP contribution in [0.1, 0.15) is 41.8 Å². The second-order valence-corrected chi connectivity index (χ2v) is 6.14. The fourth-order valence-electron chi connectivity index (χ4n) is 2.44. The minimum Gasteiger partial charge on any atom is -0.455 e. The van der Waals surface area contributed by atoms with Crippen LogP contribution in [-0.2, 0) is 6.54 Å². The molecule has 2 rings (SSSR count). The molecule has 1 heterocycles. The largest absolute Gasteiger partial charge is 0.455 e. The average Bonchev–Trinajstić information content (AvgIpc) is 3.02. The lowest BCUT2D eigenvalue weighted by Gasteiger charge is -2.26. The Kier molecular flexibility index (Phi) is 6.11. The Balaban J connectivity index is 2.15. The van der Waals surface area contributed by atoms with Gasteiger partial charge in [-0.1, -0.05) is 26.0 Å². The van der Waals surface area contributed by atoms with Crippen molar-refractivity contribution in [3.63, 3.8) is 0 Å². The van der Waals surface area contributed by atoms with Gasteiger partial charge in [-0.05, 0) is 35.7 Å². The maximum atomic E-state index is 13.0. The summed E-state index contributed by atoms with van der Waals surface area (Å²) < 4.78 is 18.4. The summed E-state index contributed by atoms with van der Waals surface area (Å²) in [6, 6.07) is 8.84. The highest BCUT2D eigenvalue weighted by molar-refractivity contribution is 5.91. The summed E-state index contributed by atoms with van der Waals surface area (Å²) in [5, 5.41) is 10.4. The summed E-state index contributed by atoms with van der Waals surface area (Å²) >= 11 is 0. The monoisotopic (exact) mass is 334 g/mol. The molecule has 1 atom stereocenters. The van der Waals surface area contributed by atoms with E-state index >= 15 is 0 Å². The Morgan fingerprint density at radius 3 is 2.42 bits per heavy atom. The van der Waals surface area contributed by atoms with Crippen molar-refractivity contribution in [2.24, 2.45) is 11.7 Å². The summed E-state index contributed by atoms with van der Waals surface area (Å²) in [5.41, 5.74) is 6.06. The van der Waals surface area contributed by atoms with E-state index < -0.39 is 6.10 Å². The second kappa shape index (κ2) is 8.08. The zero-order valence-electron chi connectivity index (χ0n) is 13.9. The predicted molar refractivity (Wildman–Crippen MR) is 88.7 cm³/mol. The van der Waals surface area contributed by atoms with E-state index in [2.05, 4.69) is 0 Å². The van der Waals surface area contributed by atoms with Crippen molar-refractivity contribution in [3.8, 4) is 0 Å². The molecule has 1 amide bonds. The molecule has 1 aromatic carbocycles. The van der Waals surface area contributed by atoms with Gasteiger partial charge in [0.1, 0.15) is 11.6 Å². The number of amides is 1. The van der Waals surface area contributed by atoms with E-state index in [0.717, 1.165) is 0 Å². The number of aliphatic hydroxyl groups is 1. The van der Waals surface area contributed by atoms with Crippen LogP contribution in [0.25, 0.3) is 0 Å². The molecular formula is C18H23FN2O3. The molecule has 0 saturated carbocycles. The number of nitrogens with two attached hydrogens (primary N) is 1. The highest BCUT2D eigenvalue weighted by Gasteiger charge is 2.23. The van der Waals surface area contributed by atoms with Gasteiger partial charge in [-0.15, -0.1) is 0 Å². The first kappa shape index (κ1) is 18.2. The lowest BCUT2D eigenvalue weighted by molar-refractivity contribution is 0.0564. The lowest BCUT2D eigenvalue weighted by atomic mass is 10.1. The van der Waals surface area contributed by atoms with Gasteiger partial charge >= 0.3 is 0 Å². The molecule has 6 heteroatoms. The molecule has 0 spiro atoms. The third kappa shape index (κ3) is 4.66. The molecule has 0 radical (unpaired) electrons. The number of benzene rings is 1. The number of carbonyl (C=O) groups excluding carboxylic acids is 1. The van der Waals surface area contributed by atoms with E-state index in [1.807, 2.05) is 13.8 Å². The average molecular weight is 334 g/mol. The van der Waals surface area contributed by atoms with Crippen LogP contribution < -0.4 is 5.73 Å². The van der Waals surface area contributed by atoms with Crippen LogP contribution in [0.3, 0.4) is 0 Å². The maximum absolute atomic E-state index is 13.0. The van der Waals surface area contributed by atoms with E-state index in [4.69, 9.17) is 10.2 Å². The third-order valence-corrected chi connectivity index (χ3v) is 3.59. The highest BCUT2D eigenvalue weighted by Crippen LogP contribution is 2.18. The Hall–Kier alpha value is -2.18. The molecule has 1 aromatic heterocycles. The minimum atomic E-state index is -0.905. The van der Waals surface area contributed by atoms with Crippen LogP contribution in [0.15, 0.2) is 40.8 Å². The fourth-order valence-corrected chi connectivity index (χ4v) is 2.44. The normalized spacial score (nSPS) is 12.4. The summed E-state index contributed by atoms with van der Waals surface area (Å²) in [5.74, 6) is 0.276. The first-order valence-electron chi connectivity index (χ1n) is 7.92. The van der Waals surface area contributed by atoms with Crippen LogP contribution >= 0.6 is 0 Å². The van der Waals surface area contributed by atoms with E-state index in [1.165, 1.54) is 29.2 Å². The summed E-state index contributed by atoms with van der Waals surface area (Å²) in [7, 11) is 0. The molecule has 3 N–H and O–H groups in total. The van der Waals surface area contributed by atoms with Crippen LogP contribution in [0, 0.1) is 11.7 Å². The van der Waals surface area contributed by atoms with Crippen LogP contribution in [0.5, 0.6) is 0 Å². The zero-order chi connectivity index (χ0) is 17.7. The van der Waals surface area contributed by atoms with Gasteiger partial charge in [-0.25, -0.2) is 4.39 Å². The Labute approximate surface area is 140 Å². The summed E-state index contributed by atoms with van der Waals surface area (Å²) in [6.45, 7) is 4.75. The standard InChI is InChI=1S/C18H23FN2O3/c1-12(2)10-21(18(23)17-8-7-15(9-20)24-17)11-16(22)13-3-5-14(19)6-4-13/h3-8,12,16,22H,9-11,20H2,1-2H3. The molecule has 0 fully saturated rings. The van der Waals surface area contributed by atoms with Crippen LogP contribution in [0.4, 0.5) is 4.39 Å². The third-order valence-electron chi connectivity index (χ3n) is 3.59. The Morgan fingerprint density at radius 1 is 1.21 bits per heavy atom. The molecule has 0 aliphatic carbocycles. The molecule has 0 saturated heterocycles. The SMILES string of the molecule is CC(C)CN(CC(O)c1ccc(F)cc1)C(=O)c1ccc(CN)o1. The van der Waals surface area contributed by atoms with Crippen LogP contribution in [0.2, 0.25) is 0 Å². The van der Waals surface area contributed by atoms with Gasteiger partial charge in [0.25, 0.3) is 5.91 Å². The molecular weight excluding hydrogens is 311 g/mol. The molecule has 0 aliphatic heterocycles. The molecule has 130 valence electrons. The first-order chi connectivity index (χ1) is 11.4. The van der Waals surface area contributed by atoms with E-state index in [9.17, 15) is 14.3 Å². The first-order valence-corrected chi connectivity index (χ1v) is 7.92. The van der Waals surface area contributed by atoms with E-state index in [-0.39, 0.29) is 36.5 Å². The number of nitrogens with zero attached hydrogens (tertiary/aromatic N) is 1. The fraction of sp³-hybridized carbons (Fsp3) is 0.389. The van der Waals surface area contributed by atoms with Gasteiger partial charge in [-0.3, -0.25) is 4.79 Å². The van der Waals surface area contributed by atoms with Gasteiger partial charge in [0.05, 0.1) is 19.2 Å². The molecule has 5 nitrogen and oxygen atoms in total. The van der Waals surface area contributed by atoms with Crippen molar-refractivity contribution >= 4 is 5.91 Å². The quantitative estimate of drug-likeness (QED) is 0.816. The maximum Gasteiger partial charge on any atom is 0.289 e. The number of aliphatic hydroxyl groups excluding tert-OH is 1. The lowest BCUT2D eigenvalue weighted by Crippen LogP contribution is -2.37. The van der Waals surface area contributed by atoms with Gasteiger partial charge in [-0.2, -0.15) is 0 Å². The Morgan fingerprint density at radius 2 is 1.88 bits per heavy atom. The van der Waals surface area contributed by atoms with Gasteiger partial charge in [0.2, 0.25) is 0 Å². The zero-order valence-corrected chi connectivity index (χ0v) is 13.9. The Bertz CT molecular complexity index is 667. The molecule has 0 bridgehead atoms. The molecule has 2 aromatic rings. The number of furan rings is 1. The van der Waals surface area contributed by atoms with E-state index in [1.54, 1.807) is 12.1 Å². The van der Waals surface area contributed by atoms with Gasteiger partial charge < -0.3 is 20.2 Å². The second-order valence-electron chi connectivity index (χ2n) is 6.14. The van der Waals surface area contributed by atoms with Crippen molar-refractivity contribution in [2.45, 2.75) is 26.5 Å². The number of hydrogen-bond donors (Lipinski definition) is 2. The topological polar surface area (TPSA) is 79.7 Å². The molecule has 0 aliphatic rings. The molecule has 1 unspecified atom stereocenters.